The van der Waals surface area contributed by atoms with Crippen molar-refractivity contribution in [2.75, 3.05) is 51.4 Å². The molecule has 0 bridgehead atoms. The molecule has 0 aliphatic carbocycles. The Bertz CT molecular complexity index is 1240. The number of methoxy groups -OCH3 is 1. The van der Waals surface area contributed by atoms with E-state index in [1.807, 2.05) is 55.5 Å². The molecule has 0 saturated carbocycles. The van der Waals surface area contributed by atoms with Gasteiger partial charge in [0.15, 0.2) is 0 Å². The Morgan fingerprint density at radius 1 is 1.05 bits per heavy atom. The summed E-state index contributed by atoms with van der Waals surface area (Å²) in [6.45, 7) is 6.81. The number of β-amino-alcohol motifs (C(OH)–C–C–N with tert-alkyl or cyclic N) is 1. The van der Waals surface area contributed by atoms with Gasteiger partial charge in [-0.3, -0.25) is 0 Å². The average Bonchev–Trinajstić information content (AvgIpc) is 2.95. The normalized spacial score (nSPS) is 20.8. The highest BCUT2D eigenvalue weighted by Gasteiger charge is 2.34. The van der Waals surface area contributed by atoms with Gasteiger partial charge in [0.2, 0.25) is 0 Å². The number of rotatable bonds is 10. The van der Waals surface area contributed by atoms with Crippen molar-refractivity contribution >= 4 is 17.3 Å². The van der Waals surface area contributed by atoms with Crippen molar-refractivity contribution in [2.45, 2.75) is 38.1 Å². The number of aryl methyl sites for hydroxylation is 1. The highest BCUT2D eigenvalue weighted by molar-refractivity contribution is 6.31. The summed E-state index contributed by atoms with van der Waals surface area (Å²) in [7, 11) is 1.73. The molecule has 3 aromatic rings. The van der Waals surface area contributed by atoms with Crippen LogP contribution in [0.5, 0.6) is 17.2 Å². The summed E-state index contributed by atoms with van der Waals surface area (Å²) in [6, 6.07) is 19.8. The Kier molecular flexibility index (Phi) is 9.27. The SMILES string of the molecule is COCCCN1CCOc2ccc(COC3CNCC(O)C3c3ccc(Oc4ccc(C)c(Cl)c4)cc3)cc21. The molecule has 39 heavy (non-hydrogen) atoms. The minimum Gasteiger partial charge on any atom is -0.490 e. The number of aliphatic hydroxyl groups is 1. The van der Waals surface area contributed by atoms with Gasteiger partial charge in [-0.15, -0.1) is 0 Å². The number of fused-ring (bicyclic) bond motifs is 1. The first-order valence-electron chi connectivity index (χ1n) is 13.6. The fourth-order valence-electron chi connectivity index (χ4n) is 5.25. The van der Waals surface area contributed by atoms with E-state index < -0.39 is 6.10 Å². The van der Waals surface area contributed by atoms with E-state index in [4.69, 9.17) is 30.5 Å². The number of nitrogens with zero attached hydrogens (tertiary/aromatic N) is 1. The second kappa shape index (κ2) is 13.0. The third-order valence-electron chi connectivity index (χ3n) is 7.38. The third kappa shape index (κ3) is 6.86. The Labute approximate surface area is 235 Å². The highest BCUT2D eigenvalue weighted by atomic mass is 35.5. The molecule has 8 heteroatoms. The maximum Gasteiger partial charge on any atom is 0.142 e. The standard InChI is InChI=1S/C31H37ClN2O5/c1-21-4-8-25(17-26(21)32)39-24-9-6-23(7-10-24)31-28(35)18-33-19-30(31)38-20-22-5-11-29-27(16-22)34(13-15-37-29)12-3-14-36-2/h4-11,16-17,28,30-31,33,35H,3,12-15,18-20H2,1-2H3. The predicted molar refractivity (Wildman–Crippen MR) is 154 cm³/mol. The van der Waals surface area contributed by atoms with Crippen LogP contribution in [-0.4, -0.2) is 63.8 Å². The van der Waals surface area contributed by atoms with Gasteiger partial charge in [0, 0.05) is 44.3 Å². The number of ether oxygens (including phenoxy) is 4. The van der Waals surface area contributed by atoms with Crippen LogP contribution in [0.15, 0.2) is 60.7 Å². The predicted octanol–water partition coefficient (Wildman–Crippen LogP) is 5.31. The quantitative estimate of drug-likeness (QED) is 0.330. The maximum atomic E-state index is 10.9. The summed E-state index contributed by atoms with van der Waals surface area (Å²) in [5, 5.41) is 14.9. The van der Waals surface area contributed by atoms with Crippen molar-refractivity contribution in [3.05, 3.63) is 82.4 Å². The Morgan fingerprint density at radius 3 is 2.67 bits per heavy atom. The van der Waals surface area contributed by atoms with E-state index in [1.54, 1.807) is 7.11 Å². The molecule has 2 aliphatic rings. The lowest BCUT2D eigenvalue weighted by Crippen LogP contribution is -2.49. The van der Waals surface area contributed by atoms with Gasteiger partial charge < -0.3 is 34.3 Å². The van der Waals surface area contributed by atoms with Crippen molar-refractivity contribution in [3.63, 3.8) is 0 Å². The van der Waals surface area contributed by atoms with Crippen molar-refractivity contribution in [1.82, 2.24) is 5.32 Å². The summed E-state index contributed by atoms with van der Waals surface area (Å²) < 4.78 is 23.5. The van der Waals surface area contributed by atoms with Gasteiger partial charge >= 0.3 is 0 Å². The van der Waals surface area contributed by atoms with Gasteiger partial charge in [-0.05, 0) is 66.4 Å². The largest absolute Gasteiger partial charge is 0.490 e. The van der Waals surface area contributed by atoms with Crippen LogP contribution in [0.1, 0.15) is 29.0 Å². The Morgan fingerprint density at radius 2 is 1.87 bits per heavy atom. The van der Waals surface area contributed by atoms with Gasteiger partial charge in [0.1, 0.15) is 23.9 Å². The van der Waals surface area contributed by atoms with E-state index in [0.717, 1.165) is 54.2 Å². The molecule has 0 radical (unpaired) electrons. The van der Waals surface area contributed by atoms with Crippen LogP contribution >= 0.6 is 11.6 Å². The Balaban J connectivity index is 1.25. The first-order chi connectivity index (χ1) is 19.0. The van der Waals surface area contributed by atoms with Crippen molar-refractivity contribution in [2.24, 2.45) is 0 Å². The highest BCUT2D eigenvalue weighted by Crippen LogP contribution is 2.35. The molecule has 2 N–H and O–H groups in total. The van der Waals surface area contributed by atoms with Crippen LogP contribution in [0.3, 0.4) is 0 Å². The number of hydrogen-bond donors (Lipinski definition) is 2. The van der Waals surface area contributed by atoms with Crippen LogP contribution in [0.25, 0.3) is 0 Å². The van der Waals surface area contributed by atoms with Gasteiger partial charge in [-0.2, -0.15) is 0 Å². The van der Waals surface area contributed by atoms with Crippen LogP contribution in [0.2, 0.25) is 5.02 Å². The van der Waals surface area contributed by atoms with Crippen LogP contribution in [0, 0.1) is 6.92 Å². The molecular weight excluding hydrogens is 516 g/mol. The lowest BCUT2D eigenvalue weighted by atomic mass is 9.85. The summed E-state index contributed by atoms with van der Waals surface area (Å²) >= 11 is 6.24. The zero-order valence-corrected chi connectivity index (χ0v) is 23.3. The fourth-order valence-corrected chi connectivity index (χ4v) is 5.42. The lowest BCUT2D eigenvalue weighted by molar-refractivity contribution is -0.0328. The smallest absolute Gasteiger partial charge is 0.142 e. The molecule has 5 rings (SSSR count). The molecule has 1 saturated heterocycles. The molecule has 2 heterocycles. The minimum absolute atomic E-state index is 0.152. The topological polar surface area (TPSA) is 72.4 Å². The van der Waals surface area contributed by atoms with Gasteiger partial charge in [0.25, 0.3) is 0 Å². The van der Waals surface area contributed by atoms with E-state index in [-0.39, 0.29) is 12.0 Å². The Hall–Kier alpha value is -2.81. The summed E-state index contributed by atoms with van der Waals surface area (Å²) in [4.78, 5) is 2.35. The van der Waals surface area contributed by atoms with Gasteiger partial charge in [-0.1, -0.05) is 35.9 Å². The molecule has 3 aromatic carbocycles. The van der Waals surface area contributed by atoms with Crippen molar-refractivity contribution in [1.29, 1.82) is 0 Å². The van der Waals surface area contributed by atoms with Crippen LogP contribution < -0.4 is 19.7 Å². The molecular formula is C31H37ClN2O5. The summed E-state index contributed by atoms with van der Waals surface area (Å²) in [5.74, 6) is 2.16. The second-order valence-electron chi connectivity index (χ2n) is 10.2. The van der Waals surface area contributed by atoms with E-state index in [2.05, 4.69) is 22.3 Å². The van der Waals surface area contributed by atoms with Crippen molar-refractivity contribution in [3.8, 4) is 17.2 Å². The molecule has 7 nitrogen and oxygen atoms in total. The number of anilines is 1. The molecule has 0 aromatic heterocycles. The zero-order chi connectivity index (χ0) is 27.2. The number of halogens is 1. The van der Waals surface area contributed by atoms with E-state index in [1.165, 1.54) is 0 Å². The number of hydrogen-bond acceptors (Lipinski definition) is 7. The number of nitrogens with one attached hydrogen (secondary N) is 1. The first kappa shape index (κ1) is 27.7. The molecule has 208 valence electrons. The third-order valence-corrected chi connectivity index (χ3v) is 7.79. The molecule has 0 spiro atoms. The number of benzene rings is 3. The fraction of sp³-hybridized carbons (Fsp3) is 0.419. The molecule has 3 atom stereocenters. The van der Waals surface area contributed by atoms with Gasteiger partial charge in [-0.25, -0.2) is 0 Å². The van der Waals surface area contributed by atoms with Gasteiger partial charge in [0.05, 0.1) is 31.0 Å². The lowest BCUT2D eigenvalue weighted by Gasteiger charge is -2.36. The minimum atomic E-state index is -0.556. The number of piperidine rings is 1. The van der Waals surface area contributed by atoms with Crippen LogP contribution in [-0.2, 0) is 16.1 Å². The summed E-state index contributed by atoms with van der Waals surface area (Å²) in [5.41, 5.74) is 4.21. The van der Waals surface area contributed by atoms with E-state index >= 15 is 0 Å². The van der Waals surface area contributed by atoms with E-state index in [0.29, 0.717) is 42.8 Å². The number of aliphatic hydroxyl groups excluding tert-OH is 1. The molecule has 2 aliphatic heterocycles. The monoisotopic (exact) mass is 552 g/mol. The first-order valence-corrected chi connectivity index (χ1v) is 13.9. The van der Waals surface area contributed by atoms with E-state index in [9.17, 15) is 5.11 Å². The van der Waals surface area contributed by atoms with Crippen LogP contribution in [0.4, 0.5) is 5.69 Å². The summed E-state index contributed by atoms with van der Waals surface area (Å²) in [6.07, 6.45) is 0.230. The average molecular weight is 553 g/mol. The molecule has 0 amide bonds. The second-order valence-corrected chi connectivity index (χ2v) is 10.6. The molecule has 1 fully saturated rings. The maximum absolute atomic E-state index is 10.9. The zero-order valence-electron chi connectivity index (χ0n) is 22.6. The van der Waals surface area contributed by atoms with Crippen molar-refractivity contribution < 1.29 is 24.1 Å². The molecule has 3 unspecified atom stereocenters.